The Kier molecular flexibility index (Phi) is 10.6. The van der Waals surface area contributed by atoms with E-state index >= 15 is 0 Å². The lowest BCUT2D eigenvalue weighted by Crippen LogP contribution is -2.36. The second-order valence-corrected chi connectivity index (χ2v) is 11.9. The number of aromatic nitrogens is 4. The molecule has 1 aromatic carbocycles. The highest BCUT2D eigenvalue weighted by atomic mass is 32.2. The fourth-order valence-corrected chi connectivity index (χ4v) is 4.98. The van der Waals surface area contributed by atoms with E-state index in [1.165, 1.54) is 0 Å². The number of pyridine rings is 4. The highest BCUT2D eigenvalue weighted by molar-refractivity contribution is 7.85. The summed E-state index contributed by atoms with van der Waals surface area (Å²) in [5, 5.41) is 11.3. The van der Waals surface area contributed by atoms with Gasteiger partial charge in [-0.2, -0.15) is 4.57 Å². The smallest absolute Gasteiger partial charge is 0.340 e. The molecule has 0 fully saturated rings. The van der Waals surface area contributed by atoms with Crippen molar-refractivity contribution in [2.45, 2.75) is 33.4 Å². The van der Waals surface area contributed by atoms with Crippen LogP contribution in [0, 0.1) is 17.0 Å². The first kappa shape index (κ1) is 32.1. The molecule has 10 nitrogen and oxygen atoms in total. The Labute approximate surface area is 257 Å². The highest BCUT2D eigenvalue weighted by Gasteiger charge is 2.22. The van der Waals surface area contributed by atoms with Crippen molar-refractivity contribution >= 4 is 15.8 Å². The summed E-state index contributed by atoms with van der Waals surface area (Å²) in [7, 11) is -2.20. The van der Waals surface area contributed by atoms with Gasteiger partial charge in [0.05, 0.1) is 10.7 Å². The van der Waals surface area contributed by atoms with Crippen molar-refractivity contribution in [3.63, 3.8) is 0 Å². The van der Waals surface area contributed by atoms with Gasteiger partial charge in [-0.05, 0) is 34.7 Å². The maximum atomic E-state index is 11.3. The number of hydrogen-bond donors (Lipinski definition) is 0. The minimum atomic E-state index is -4.17. The van der Waals surface area contributed by atoms with Crippen LogP contribution in [0.3, 0.4) is 0 Å². The number of benzene rings is 1. The first-order chi connectivity index (χ1) is 21.0. The molecule has 0 N–H and O–H groups in total. The third-order valence-electron chi connectivity index (χ3n) is 6.94. The van der Waals surface area contributed by atoms with Crippen molar-refractivity contribution in [1.29, 1.82) is 0 Å². The topological polar surface area (TPSA) is 116 Å². The Morgan fingerprint density at radius 1 is 0.705 bits per heavy atom. The molecule has 4 aromatic heterocycles. The molecule has 0 spiro atoms. The summed E-state index contributed by atoms with van der Waals surface area (Å²) in [6.07, 6.45) is 16.4. The first-order valence-corrected chi connectivity index (χ1v) is 15.7. The van der Waals surface area contributed by atoms with Crippen LogP contribution in [0.25, 0.3) is 27.9 Å². The van der Waals surface area contributed by atoms with Crippen molar-refractivity contribution in [2.24, 2.45) is 7.05 Å². The van der Waals surface area contributed by atoms with E-state index in [-0.39, 0.29) is 22.9 Å². The molecule has 0 amide bonds. The molecule has 0 unspecified atom stereocenters. The van der Waals surface area contributed by atoms with Crippen LogP contribution in [0.2, 0.25) is 0 Å². The lowest BCUT2D eigenvalue weighted by atomic mass is 10.1. The fourth-order valence-electron chi connectivity index (χ4n) is 4.54. The monoisotopic (exact) mass is 614 g/mol. The predicted octanol–water partition coefficient (Wildman–Crippen LogP) is 3.56. The molecule has 5 rings (SSSR count). The molecular formula is C33H36N5O5S+3. The molecule has 11 heteroatoms. The standard InChI is InChI=1S/C18H17N3O2.C15H19N2O3S/c1-14-3-4-17(18(13-14)21(22)23)20-11-7-16(8-12-20)15-5-9-19(2)10-6-15;1-2-7-16-8-3-14(4-9-16)15-5-10-17(11-6-15)12-13-21(18,19)20/h3-13H,1-2H3;3-6,8-11H,2,7,12-13H2,1H3/q+2;+1. The van der Waals surface area contributed by atoms with Gasteiger partial charge >= 0.3 is 5.69 Å². The number of nitro benzene ring substituents is 1. The first-order valence-electron chi connectivity index (χ1n) is 14.2. The van der Waals surface area contributed by atoms with Gasteiger partial charge in [0.15, 0.2) is 56.1 Å². The van der Waals surface area contributed by atoms with Gasteiger partial charge in [-0.3, -0.25) is 10.1 Å². The molecule has 0 saturated heterocycles. The quantitative estimate of drug-likeness (QED) is 0.109. The maximum absolute atomic E-state index is 11.3. The van der Waals surface area contributed by atoms with Gasteiger partial charge in [0.1, 0.15) is 23.7 Å². The number of nitro groups is 1. The zero-order valence-electron chi connectivity index (χ0n) is 25.0. The van der Waals surface area contributed by atoms with Crippen LogP contribution in [0.5, 0.6) is 0 Å². The van der Waals surface area contributed by atoms with E-state index in [2.05, 4.69) is 23.6 Å². The predicted molar refractivity (Wildman–Crippen MR) is 163 cm³/mol. The van der Waals surface area contributed by atoms with E-state index < -0.39 is 10.1 Å². The van der Waals surface area contributed by atoms with E-state index in [9.17, 15) is 23.1 Å². The van der Waals surface area contributed by atoms with E-state index in [0.29, 0.717) is 5.69 Å². The van der Waals surface area contributed by atoms with Gasteiger partial charge in [0.25, 0.3) is 5.69 Å². The normalized spacial score (nSPS) is 11.0. The van der Waals surface area contributed by atoms with Crippen LogP contribution < -0.4 is 18.3 Å². The zero-order chi connectivity index (χ0) is 31.7. The second kappa shape index (κ2) is 14.5. The van der Waals surface area contributed by atoms with Gasteiger partial charge < -0.3 is 4.55 Å². The zero-order valence-corrected chi connectivity index (χ0v) is 25.8. The summed E-state index contributed by atoms with van der Waals surface area (Å²) in [6.45, 7) is 5.16. The Bertz CT molecular complexity index is 1810. The number of hydrogen-bond acceptors (Lipinski definition) is 5. The molecule has 0 aliphatic rings. The van der Waals surface area contributed by atoms with Crippen molar-refractivity contribution in [1.82, 2.24) is 0 Å². The van der Waals surface area contributed by atoms with Gasteiger partial charge in [-0.1, -0.05) is 13.0 Å². The summed E-state index contributed by atoms with van der Waals surface area (Å²) >= 11 is 0. The molecule has 5 aromatic rings. The summed E-state index contributed by atoms with van der Waals surface area (Å²) < 4.78 is 39.4. The van der Waals surface area contributed by atoms with Crippen molar-refractivity contribution in [3.8, 4) is 27.9 Å². The summed E-state index contributed by atoms with van der Waals surface area (Å²) in [5.41, 5.74) is 5.87. The molecule has 44 heavy (non-hydrogen) atoms. The van der Waals surface area contributed by atoms with E-state index in [1.54, 1.807) is 33.7 Å². The van der Waals surface area contributed by atoms with Crippen LogP contribution >= 0.6 is 0 Å². The number of aryl methyl sites for hydroxylation is 4. The van der Waals surface area contributed by atoms with Gasteiger partial charge in [0, 0.05) is 67.1 Å². The van der Waals surface area contributed by atoms with E-state index in [0.717, 1.165) is 40.8 Å². The lowest BCUT2D eigenvalue weighted by molar-refractivity contribution is -0.696. The minimum Gasteiger partial charge on any atom is -0.748 e. The van der Waals surface area contributed by atoms with Crippen LogP contribution in [0.1, 0.15) is 18.9 Å². The molecule has 0 atom stereocenters. The SMILES string of the molecule is CCC[n+]1ccc(-c2cc[n+](CCS(=O)(=O)[O-])cc2)cc1.Cc1ccc(-[n+]2ccc(-c3cc[n+](C)cc3)cc2)c([N+](=O)[O-])c1. The average molecular weight is 615 g/mol. The molecular weight excluding hydrogens is 578 g/mol. The van der Waals surface area contributed by atoms with Crippen molar-refractivity contribution < 1.29 is 36.2 Å². The largest absolute Gasteiger partial charge is 0.748 e. The second-order valence-electron chi connectivity index (χ2n) is 10.4. The number of nitrogens with zero attached hydrogens (tertiary/aromatic N) is 5. The summed E-state index contributed by atoms with van der Waals surface area (Å²) in [6, 6.07) is 21.2. The van der Waals surface area contributed by atoms with Crippen LogP contribution in [0.4, 0.5) is 5.69 Å². The molecule has 0 saturated carbocycles. The molecule has 0 aliphatic carbocycles. The molecule has 4 heterocycles. The summed E-state index contributed by atoms with van der Waals surface area (Å²) in [5.74, 6) is -0.390. The van der Waals surface area contributed by atoms with Crippen LogP contribution in [-0.4, -0.2) is 23.6 Å². The van der Waals surface area contributed by atoms with Crippen molar-refractivity contribution in [3.05, 3.63) is 132 Å². The average Bonchev–Trinajstić information content (AvgIpc) is 3.01. The molecule has 226 valence electrons. The van der Waals surface area contributed by atoms with Crippen LogP contribution in [-0.2, 0) is 30.3 Å². The number of rotatable bonds is 9. The summed E-state index contributed by atoms with van der Waals surface area (Å²) in [4.78, 5) is 10.9. The Balaban J connectivity index is 0.000000202. The molecule has 0 bridgehead atoms. The van der Waals surface area contributed by atoms with E-state index in [1.807, 2.05) is 98.2 Å². The third-order valence-corrected chi connectivity index (χ3v) is 7.63. The molecule has 0 aliphatic heterocycles. The van der Waals surface area contributed by atoms with Crippen LogP contribution in [0.15, 0.2) is 116 Å². The Hall–Kier alpha value is -4.87. The van der Waals surface area contributed by atoms with E-state index in [4.69, 9.17) is 0 Å². The highest BCUT2D eigenvalue weighted by Crippen LogP contribution is 2.21. The Morgan fingerprint density at radius 2 is 1.16 bits per heavy atom. The fraction of sp³-hybridized carbons (Fsp3) is 0.212. The van der Waals surface area contributed by atoms with Gasteiger partial charge in [-0.25, -0.2) is 22.1 Å². The van der Waals surface area contributed by atoms with Gasteiger partial charge in [0.2, 0.25) is 0 Å². The maximum Gasteiger partial charge on any atom is 0.340 e. The lowest BCUT2D eigenvalue weighted by Gasteiger charge is -2.04. The minimum absolute atomic E-state index is 0.106. The Morgan fingerprint density at radius 3 is 1.61 bits per heavy atom. The third kappa shape index (κ3) is 9.06. The van der Waals surface area contributed by atoms with Gasteiger partial charge in [-0.15, -0.1) is 0 Å². The molecule has 0 radical (unpaired) electrons. The van der Waals surface area contributed by atoms with Crippen molar-refractivity contribution in [2.75, 3.05) is 5.75 Å².